The maximum Gasteiger partial charge on any atom is 0.244 e. The zero-order chi connectivity index (χ0) is 17.2. The molecular weight excluding hydrogens is 326 g/mol. The zero-order valence-corrected chi connectivity index (χ0v) is 14.3. The van der Waals surface area contributed by atoms with Crippen LogP contribution in [0.15, 0.2) is 53.4 Å². The lowest BCUT2D eigenvalue weighted by Gasteiger charge is -2.33. The summed E-state index contributed by atoms with van der Waals surface area (Å²) in [4.78, 5) is 0.0762. The average molecular weight is 347 g/mol. The van der Waals surface area contributed by atoms with E-state index in [1.54, 1.807) is 18.2 Å². The van der Waals surface area contributed by atoms with Crippen molar-refractivity contribution < 1.29 is 18.3 Å². The van der Waals surface area contributed by atoms with E-state index >= 15 is 0 Å². The molecular formula is C18H21NO4S. The van der Waals surface area contributed by atoms with Crippen molar-refractivity contribution in [2.24, 2.45) is 0 Å². The molecule has 0 saturated carbocycles. The fraction of sp³-hybridized carbons (Fsp3) is 0.333. The molecule has 1 aliphatic carbocycles. The van der Waals surface area contributed by atoms with Gasteiger partial charge in [0.1, 0.15) is 10.6 Å². The molecule has 128 valence electrons. The number of ether oxygens (including phenoxy) is 1. The molecule has 0 aliphatic heterocycles. The largest absolute Gasteiger partial charge is 0.495 e. The van der Waals surface area contributed by atoms with Crippen LogP contribution in [0.4, 0.5) is 0 Å². The predicted molar refractivity (Wildman–Crippen MR) is 91.6 cm³/mol. The maximum absolute atomic E-state index is 12.5. The van der Waals surface area contributed by atoms with Crippen molar-refractivity contribution >= 4 is 10.0 Å². The molecule has 24 heavy (non-hydrogen) atoms. The van der Waals surface area contributed by atoms with Crippen LogP contribution in [-0.4, -0.2) is 32.8 Å². The number of methoxy groups -OCH3 is 1. The Balaban J connectivity index is 1.75. The van der Waals surface area contributed by atoms with E-state index in [2.05, 4.69) is 4.72 Å². The van der Waals surface area contributed by atoms with E-state index in [9.17, 15) is 13.5 Å². The number of sulfonamides is 1. The summed E-state index contributed by atoms with van der Waals surface area (Å²) in [5.74, 6) is 0.283. The topological polar surface area (TPSA) is 75.6 Å². The predicted octanol–water partition coefficient (Wildman–Crippen LogP) is 1.89. The molecule has 2 aromatic rings. The van der Waals surface area contributed by atoms with Crippen LogP contribution in [0.25, 0.3) is 0 Å². The van der Waals surface area contributed by atoms with Gasteiger partial charge in [0, 0.05) is 13.0 Å². The van der Waals surface area contributed by atoms with Crippen LogP contribution in [0, 0.1) is 0 Å². The normalized spacial score (nSPS) is 20.4. The minimum atomic E-state index is -3.75. The number of rotatable bonds is 5. The zero-order valence-electron chi connectivity index (χ0n) is 13.5. The van der Waals surface area contributed by atoms with E-state index in [4.69, 9.17) is 4.74 Å². The molecule has 0 radical (unpaired) electrons. The van der Waals surface area contributed by atoms with E-state index in [1.165, 1.54) is 18.7 Å². The third-order valence-corrected chi connectivity index (χ3v) is 5.89. The van der Waals surface area contributed by atoms with Crippen molar-refractivity contribution in [3.63, 3.8) is 0 Å². The fourth-order valence-corrected chi connectivity index (χ4v) is 4.37. The van der Waals surface area contributed by atoms with Gasteiger partial charge >= 0.3 is 0 Å². The van der Waals surface area contributed by atoms with Crippen molar-refractivity contribution in [3.05, 3.63) is 59.7 Å². The number of nitrogens with one attached hydrogen (secondary N) is 1. The van der Waals surface area contributed by atoms with Crippen LogP contribution in [0.3, 0.4) is 0 Å². The molecule has 0 amide bonds. The maximum atomic E-state index is 12.5. The number of aliphatic hydroxyl groups is 1. The summed E-state index contributed by atoms with van der Waals surface area (Å²) in [7, 11) is -2.32. The molecule has 3 rings (SSSR count). The van der Waals surface area contributed by atoms with Crippen molar-refractivity contribution in [3.8, 4) is 5.75 Å². The summed E-state index contributed by atoms with van der Waals surface area (Å²) in [5.41, 5.74) is 1.21. The lowest BCUT2D eigenvalue weighted by atomic mass is 9.80. The first-order valence-corrected chi connectivity index (χ1v) is 9.34. The molecule has 0 saturated heterocycles. The molecule has 0 fully saturated rings. The van der Waals surface area contributed by atoms with Crippen LogP contribution < -0.4 is 9.46 Å². The molecule has 1 aliphatic rings. The summed E-state index contributed by atoms with van der Waals surface area (Å²) in [5, 5.41) is 10.8. The summed E-state index contributed by atoms with van der Waals surface area (Å²) in [6, 6.07) is 14.4. The van der Waals surface area contributed by atoms with Gasteiger partial charge in [0.05, 0.1) is 12.7 Å². The average Bonchev–Trinajstić information content (AvgIpc) is 2.60. The Bertz CT molecular complexity index is 834. The molecule has 1 atom stereocenters. The first kappa shape index (κ1) is 17.0. The number of aryl methyl sites for hydroxylation is 1. The molecule has 0 spiro atoms. The number of hydrogen-bond acceptors (Lipinski definition) is 4. The Morgan fingerprint density at radius 2 is 1.79 bits per heavy atom. The molecule has 0 bridgehead atoms. The van der Waals surface area contributed by atoms with Gasteiger partial charge in [-0.05, 0) is 36.1 Å². The van der Waals surface area contributed by atoms with E-state index in [0.29, 0.717) is 12.8 Å². The van der Waals surface area contributed by atoms with Crippen LogP contribution in [0.1, 0.15) is 17.5 Å². The van der Waals surface area contributed by atoms with Gasteiger partial charge in [-0.25, -0.2) is 13.1 Å². The van der Waals surface area contributed by atoms with Gasteiger partial charge in [-0.15, -0.1) is 0 Å². The Hall–Kier alpha value is -1.89. The third kappa shape index (κ3) is 3.45. The minimum absolute atomic E-state index is 0.0261. The van der Waals surface area contributed by atoms with Crippen LogP contribution in [0.2, 0.25) is 0 Å². The summed E-state index contributed by atoms with van der Waals surface area (Å²) in [6.07, 6.45) is 1.71. The highest BCUT2D eigenvalue weighted by Crippen LogP contribution is 2.29. The van der Waals surface area contributed by atoms with E-state index in [1.807, 2.05) is 24.3 Å². The summed E-state index contributed by atoms with van der Waals surface area (Å²) < 4.78 is 32.7. The molecule has 5 nitrogen and oxygen atoms in total. The fourth-order valence-electron chi connectivity index (χ4n) is 3.08. The SMILES string of the molecule is COc1ccccc1S(=O)(=O)NC[C@]1(O)CCc2ccccc2C1. The van der Waals surface area contributed by atoms with Crippen LogP contribution >= 0.6 is 0 Å². The monoisotopic (exact) mass is 347 g/mol. The second-order valence-corrected chi connectivity index (χ2v) is 7.88. The first-order chi connectivity index (χ1) is 11.4. The van der Waals surface area contributed by atoms with Gasteiger partial charge in [0.2, 0.25) is 10.0 Å². The van der Waals surface area contributed by atoms with Gasteiger partial charge in [-0.1, -0.05) is 36.4 Å². The minimum Gasteiger partial charge on any atom is -0.495 e. The van der Waals surface area contributed by atoms with E-state index in [0.717, 1.165) is 12.0 Å². The highest BCUT2D eigenvalue weighted by molar-refractivity contribution is 7.89. The second-order valence-electron chi connectivity index (χ2n) is 6.15. The van der Waals surface area contributed by atoms with Gasteiger partial charge in [-0.2, -0.15) is 0 Å². The number of benzene rings is 2. The Kier molecular flexibility index (Phi) is 4.62. The van der Waals surface area contributed by atoms with E-state index < -0.39 is 15.6 Å². The van der Waals surface area contributed by atoms with Gasteiger partial charge in [0.25, 0.3) is 0 Å². The quantitative estimate of drug-likeness (QED) is 0.866. The number of hydrogen-bond donors (Lipinski definition) is 2. The van der Waals surface area contributed by atoms with Crippen molar-refractivity contribution in [2.45, 2.75) is 29.8 Å². The number of para-hydroxylation sites is 1. The number of fused-ring (bicyclic) bond motifs is 1. The van der Waals surface area contributed by atoms with Crippen LogP contribution in [-0.2, 0) is 22.9 Å². The Labute approximate surface area is 142 Å². The second kappa shape index (κ2) is 6.55. The molecule has 2 aromatic carbocycles. The summed E-state index contributed by atoms with van der Waals surface area (Å²) in [6.45, 7) is -0.0261. The highest BCUT2D eigenvalue weighted by atomic mass is 32.2. The molecule has 6 heteroatoms. The Morgan fingerprint density at radius 1 is 1.12 bits per heavy atom. The van der Waals surface area contributed by atoms with Gasteiger partial charge < -0.3 is 9.84 Å². The lowest BCUT2D eigenvalue weighted by molar-refractivity contribution is 0.0317. The van der Waals surface area contributed by atoms with Gasteiger partial charge in [0.15, 0.2) is 0 Å². The molecule has 0 unspecified atom stereocenters. The lowest BCUT2D eigenvalue weighted by Crippen LogP contribution is -2.46. The van der Waals surface area contributed by atoms with Crippen LogP contribution in [0.5, 0.6) is 5.75 Å². The summed E-state index contributed by atoms with van der Waals surface area (Å²) >= 11 is 0. The standard InChI is InChI=1S/C18H21NO4S/c1-23-16-8-4-5-9-17(16)24(21,22)19-13-18(20)11-10-14-6-2-3-7-15(14)12-18/h2-9,19-20H,10-13H2,1H3/t18-/m0/s1. The highest BCUT2D eigenvalue weighted by Gasteiger charge is 2.33. The van der Waals surface area contributed by atoms with Gasteiger partial charge in [-0.3, -0.25) is 0 Å². The van der Waals surface area contributed by atoms with E-state index in [-0.39, 0.29) is 17.2 Å². The molecule has 0 aromatic heterocycles. The smallest absolute Gasteiger partial charge is 0.244 e. The van der Waals surface area contributed by atoms with Crippen molar-refractivity contribution in [1.82, 2.24) is 4.72 Å². The third-order valence-electron chi connectivity index (χ3n) is 4.45. The Morgan fingerprint density at radius 3 is 2.54 bits per heavy atom. The van der Waals surface area contributed by atoms with Crippen molar-refractivity contribution in [1.29, 1.82) is 0 Å². The molecule has 2 N–H and O–H groups in total. The van der Waals surface area contributed by atoms with Crippen molar-refractivity contribution in [2.75, 3.05) is 13.7 Å². The first-order valence-electron chi connectivity index (χ1n) is 7.85. The molecule has 0 heterocycles.